The summed E-state index contributed by atoms with van der Waals surface area (Å²) in [4.78, 5) is 0. The van der Waals surface area contributed by atoms with Crippen LogP contribution in [0.3, 0.4) is 0 Å². The molecule has 0 heterocycles. The highest BCUT2D eigenvalue weighted by Gasteiger charge is 2.21. The van der Waals surface area contributed by atoms with E-state index in [1.54, 1.807) is 0 Å². The molecule has 0 aliphatic rings. The number of nitrogens with two attached hydrogens (primary N) is 2. The second-order valence-electron chi connectivity index (χ2n) is 4.95. The van der Waals surface area contributed by atoms with Gasteiger partial charge in [-0.3, -0.25) is 0 Å². The van der Waals surface area contributed by atoms with Gasteiger partial charge in [-0.1, -0.05) is 24.6 Å². The molecule has 0 aliphatic carbocycles. The molecule has 1 unspecified atom stereocenters. The summed E-state index contributed by atoms with van der Waals surface area (Å²) in [6.45, 7) is 10.3. The minimum absolute atomic E-state index is 0.297. The van der Waals surface area contributed by atoms with E-state index >= 15 is 0 Å². The normalized spacial score (nSPS) is 12.8. The van der Waals surface area contributed by atoms with E-state index in [-0.39, 0.29) is 0 Å². The maximum Gasteiger partial charge on any atom is 0.125 e. The van der Waals surface area contributed by atoms with Crippen LogP contribution in [0.25, 0.3) is 0 Å². The Kier molecular flexibility index (Phi) is 5.63. The van der Waals surface area contributed by atoms with Gasteiger partial charge in [-0.05, 0) is 56.8 Å². The molecule has 0 amide bonds. The molecule has 1 aromatic rings. The molecule has 0 aromatic heterocycles. The summed E-state index contributed by atoms with van der Waals surface area (Å²) in [6, 6.07) is 4.35. The molecule has 102 valence electrons. The predicted octanol–water partition coefficient (Wildman–Crippen LogP) is 2.34. The first-order valence-electron chi connectivity index (χ1n) is 6.69. The van der Waals surface area contributed by atoms with E-state index in [9.17, 15) is 0 Å². The Balaban J connectivity index is 3.19. The number of ether oxygens (including phenoxy) is 1. The van der Waals surface area contributed by atoms with Gasteiger partial charge in [0.05, 0.1) is 6.61 Å². The largest absolute Gasteiger partial charge is 0.493 e. The Bertz CT molecular complexity index is 386. The van der Waals surface area contributed by atoms with E-state index in [0.29, 0.717) is 31.5 Å². The van der Waals surface area contributed by atoms with Crippen molar-refractivity contribution in [3.63, 3.8) is 0 Å². The molecule has 3 heteroatoms. The van der Waals surface area contributed by atoms with Gasteiger partial charge in [-0.2, -0.15) is 0 Å². The molecule has 1 atom stereocenters. The van der Waals surface area contributed by atoms with Crippen LogP contribution in [0.1, 0.15) is 36.5 Å². The number of rotatable bonds is 6. The minimum atomic E-state index is 0.297. The summed E-state index contributed by atoms with van der Waals surface area (Å²) in [6.07, 6.45) is 0. The molecule has 18 heavy (non-hydrogen) atoms. The van der Waals surface area contributed by atoms with Crippen molar-refractivity contribution in [1.29, 1.82) is 0 Å². The minimum Gasteiger partial charge on any atom is -0.493 e. The van der Waals surface area contributed by atoms with Gasteiger partial charge < -0.3 is 16.2 Å². The Hall–Kier alpha value is -1.06. The fourth-order valence-corrected chi connectivity index (χ4v) is 2.43. The molecule has 0 fully saturated rings. The van der Waals surface area contributed by atoms with Crippen molar-refractivity contribution in [1.82, 2.24) is 0 Å². The van der Waals surface area contributed by atoms with Crippen molar-refractivity contribution >= 4 is 0 Å². The summed E-state index contributed by atoms with van der Waals surface area (Å²) in [7, 11) is 0. The van der Waals surface area contributed by atoms with Crippen molar-refractivity contribution in [2.45, 2.75) is 33.6 Å². The molecule has 0 aliphatic heterocycles. The van der Waals surface area contributed by atoms with Crippen LogP contribution in [-0.2, 0) is 0 Å². The topological polar surface area (TPSA) is 61.3 Å². The molecule has 0 saturated heterocycles. The Labute approximate surface area is 111 Å². The van der Waals surface area contributed by atoms with E-state index in [4.69, 9.17) is 16.2 Å². The zero-order valence-electron chi connectivity index (χ0n) is 12.0. The van der Waals surface area contributed by atoms with Crippen LogP contribution in [0.4, 0.5) is 0 Å². The molecule has 0 spiro atoms. The highest BCUT2D eigenvalue weighted by molar-refractivity contribution is 5.45. The van der Waals surface area contributed by atoms with Crippen LogP contribution in [0.2, 0.25) is 0 Å². The molecule has 0 bridgehead atoms. The van der Waals surface area contributed by atoms with E-state index in [2.05, 4.69) is 32.9 Å². The van der Waals surface area contributed by atoms with E-state index < -0.39 is 0 Å². The maximum atomic E-state index is 5.80. The second-order valence-corrected chi connectivity index (χ2v) is 4.95. The van der Waals surface area contributed by atoms with E-state index in [0.717, 1.165) is 5.75 Å². The summed E-state index contributed by atoms with van der Waals surface area (Å²) < 4.78 is 5.80. The lowest BCUT2D eigenvalue weighted by atomic mass is 9.85. The van der Waals surface area contributed by atoms with Crippen molar-refractivity contribution in [2.24, 2.45) is 17.4 Å². The van der Waals surface area contributed by atoms with Crippen LogP contribution in [-0.4, -0.2) is 19.7 Å². The third kappa shape index (κ3) is 3.24. The number of hydrogen-bond acceptors (Lipinski definition) is 3. The van der Waals surface area contributed by atoms with Gasteiger partial charge in [0.2, 0.25) is 0 Å². The standard InChI is InChI=1S/C15H26N2O/c1-5-18-15-11(3)6-10(2)7-14(15)12(4)13(8-16)9-17/h6-7,12-13H,5,8-9,16-17H2,1-4H3. The third-order valence-electron chi connectivity index (χ3n) is 3.54. The lowest BCUT2D eigenvalue weighted by molar-refractivity contribution is 0.327. The van der Waals surface area contributed by atoms with Crippen LogP contribution >= 0.6 is 0 Å². The average Bonchev–Trinajstić information content (AvgIpc) is 2.33. The average molecular weight is 250 g/mol. The van der Waals surface area contributed by atoms with Gasteiger partial charge in [0.25, 0.3) is 0 Å². The molecule has 0 radical (unpaired) electrons. The van der Waals surface area contributed by atoms with Gasteiger partial charge in [0, 0.05) is 0 Å². The molecule has 1 rings (SSSR count). The summed E-state index contributed by atoms with van der Waals surface area (Å²) in [5, 5.41) is 0. The fraction of sp³-hybridized carbons (Fsp3) is 0.600. The van der Waals surface area contributed by atoms with Crippen LogP contribution in [0, 0.1) is 19.8 Å². The molecule has 1 aromatic carbocycles. The van der Waals surface area contributed by atoms with Crippen molar-refractivity contribution in [2.75, 3.05) is 19.7 Å². The van der Waals surface area contributed by atoms with Crippen LogP contribution in [0.5, 0.6) is 5.75 Å². The van der Waals surface area contributed by atoms with Gasteiger partial charge in [0.1, 0.15) is 5.75 Å². The SMILES string of the molecule is CCOc1c(C)cc(C)cc1C(C)C(CN)CN. The highest BCUT2D eigenvalue weighted by atomic mass is 16.5. The monoisotopic (exact) mass is 250 g/mol. The van der Waals surface area contributed by atoms with Crippen LogP contribution < -0.4 is 16.2 Å². The van der Waals surface area contributed by atoms with E-state index in [1.165, 1.54) is 16.7 Å². The Morgan fingerprint density at radius 3 is 2.28 bits per heavy atom. The highest BCUT2D eigenvalue weighted by Crippen LogP contribution is 2.34. The third-order valence-corrected chi connectivity index (χ3v) is 3.54. The predicted molar refractivity (Wildman–Crippen MR) is 77.1 cm³/mol. The van der Waals surface area contributed by atoms with Crippen LogP contribution in [0.15, 0.2) is 12.1 Å². The molecule has 3 nitrogen and oxygen atoms in total. The van der Waals surface area contributed by atoms with Gasteiger partial charge in [0.15, 0.2) is 0 Å². The molecule has 4 N–H and O–H groups in total. The first-order valence-corrected chi connectivity index (χ1v) is 6.69. The van der Waals surface area contributed by atoms with Gasteiger partial charge in [-0.25, -0.2) is 0 Å². The lowest BCUT2D eigenvalue weighted by Crippen LogP contribution is -2.28. The molecule has 0 saturated carbocycles. The molecular formula is C15H26N2O. The first kappa shape index (κ1) is 15.0. The molecular weight excluding hydrogens is 224 g/mol. The first-order chi connectivity index (χ1) is 8.54. The Morgan fingerprint density at radius 1 is 1.17 bits per heavy atom. The smallest absolute Gasteiger partial charge is 0.125 e. The fourth-order valence-electron chi connectivity index (χ4n) is 2.43. The Morgan fingerprint density at radius 2 is 1.78 bits per heavy atom. The second kappa shape index (κ2) is 6.76. The lowest BCUT2D eigenvalue weighted by Gasteiger charge is -2.25. The maximum absolute atomic E-state index is 5.80. The quantitative estimate of drug-likeness (QED) is 0.814. The zero-order valence-corrected chi connectivity index (χ0v) is 12.0. The zero-order chi connectivity index (χ0) is 13.7. The van der Waals surface area contributed by atoms with Gasteiger partial charge >= 0.3 is 0 Å². The van der Waals surface area contributed by atoms with Gasteiger partial charge in [-0.15, -0.1) is 0 Å². The summed E-state index contributed by atoms with van der Waals surface area (Å²) in [5.74, 6) is 1.62. The number of hydrogen-bond donors (Lipinski definition) is 2. The van der Waals surface area contributed by atoms with Crippen molar-refractivity contribution < 1.29 is 4.74 Å². The summed E-state index contributed by atoms with van der Waals surface area (Å²) in [5.41, 5.74) is 15.3. The van der Waals surface area contributed by atoms with Crippen molar-refractivity contribution in [3.05, 3.63) is 28.8 Å². The number of aryl methyl sites for hydroxylation is 2. The number of benzene rings is 1. The van der Waals surface area contributed by atoms with E-state index in [1.807, 2.05) is 6.92 Å². The van der Waals surface area contributed by atoms with Crippen molar-refractivity contribution in [3.8, 4) is 5.75 Å². The summed E-state index contributed by atoms with van der Waals surface area (Å²) >= 11 is 0.